The number of thiophene rings is 1. The third kappa shape index (κ3) is 3.03. The van der Waals surface area contributed by atoms with E-state index < -0.39 is 0 Å². The standard InChI is InChI=1S/C12H19NOS/c1-2-10(14)8-13-12(9-5-6-9)11-4-3-7-15-11/h3-4,7,9-10,12-14H,2,5-6,8H2,1H3. The highest BCUT2D eigenvalue weighted by molar-refractivity contribution is 7.10. The van der Waals surface area contributed by atoms with E-state index in [9.17, 15) is 5.11 Å². The third-order valence-electron chi connectivity index (χ3n) is 2.99. The highest BCUT2D eigenvalue weighted by Crippen LogP contribution is 2.42. The third-order valence-corrected chi connectivity index (χ3v) is 3.94. The van der Waals surface area contributed by atoms with Gasteiger partial charge in [-0.25, -0.2) is 0 Å². The van der Waals surface area contributed by atoms with Crippen molar-refractivity contribution in [1.82, 2.24) is 5.32 Å². The van der Waals surface area contributed by atoms with Gasteiger partial charge in [0.25, 0.3) is 0 Å². The van der Waals surface area contributed by atoms with Crippen LogP contribution in [0.4, 0.5) is 0 Å². The lowest BCUT2D eigenvalue weighted by Gasteiger charge is -2.18. The summed E-state index contributed by atoms with van der Waals surface area (Å²) in [5, 5.41) is 15.2. The van der Waals surface area contributed by atoms with Crippen LogP contribution >= 0.6 is 11.3 Å². The Morgan fingerprint density at radius 3 is 2.93 bits per heavy atom. The molecule has 0 spiro atoms. The fraction of sp³-hybridized carbons (Fsp3) is 0.667. The summed E-state index contributed by atoms with van der Waals surface area (Å²) in [6.07, 6.45) is 3.29. The molecule has 2 atom stereocenters. The second kappa shape index (κ2) is 5.10. The number of aliphatic hydroxyl groups excluding tert-OH is 1. The van der Waals surface area contributed by atoms with Gasteiger partial charge in [-0.3, -0.25) is 0 Å². The van der Waals surface area contributed by atoms with Gasteiger partial charge in [0.15, 0.2) is 0 Å². The predicted molar refractivity (Wildman–Crippen MR) is 64.1 cm³/mol. The summed E-state index contributed by atoms with van der Waals surface area (Å²) in [6.45, 7) is 2.74. The molecule has 0 aliphatic heterocycles. The lowest BCUT2D eigenvalue weighted by Crippen LogP contribution is -2.30. The molecule has 2 N–H and O–H groups in total. The molecule has 0 radical (unpaired) electrons. The maximum absolute atomic E-state index is 9.55. The van der Waals surface area contributed by atoms with Crippen LogP contribution < -0.4 is 5.32 Å². The second-order valence-electron chi connectivity index (χ2n) is 4.30. The van der Waals surface area contributed by atoms with Crippen molar-refractivity contribution in [2.45, 2.75) is 38.3 Å². The minimum Gasteiger partial charge on any atom is -0.392 e. The zero-order valence-electron chi connectivity index (χ0n) is 9.15. The maximum atomic E-state index is 9.55. The molecule has 1 aromatic heterocycles. The van der Waals surface area contributed by atoms with Crippen molar-refractivity contribution >= 4 is 11.3 Å². The second-order valence-corrected chi connectivity index (χ2v) is 5.28. The monoisotopic (exact) mass is 225 g/mol. The molecular weight excluding hydrogens is 206 g/mol. The number of rotatable bonds is 6. The van der Waals surface area contributed by atoms with Crippen LogP contribution in [0.2, 0.25) is 0 Å². The molecule has 3 heteroatoms. The van der Waals surface area contributed by atoms with E-state index in [1.165, 1.54) is 17.7 Å². The molecule has 0 bridgehead atoms. The summed E-state index contributed by atoms with van der Waals surface area (Å²) in [5.74, 6) is 0.799. The summed E-state index contributed by atoms with van der Waals surface area (Å²) in [5.41, 5.74) is 0. The molecule has 2 rings (SSSR count). The Morgan fingerprint density at radius 1 is 1.60 bits per heavy atom. The van der Waals surface area contributed by atoms with Crippen LogP contribution in [0.1, 0.15) is 37.1 Å². The van der Waals surface area contributed by atoms with Gasteiger partial charge in [0, 0.05) is 17.5 Å². The fourth-order valence-corrected chi connectivity index (χ4v) is 2.70. The van der Waals surface area contributed by atoms with E-state index in [4.69, 9.17) is 0 Å². The van der Waals surface area contributed by atoms with E-state index in [0.717, 1.165) is 18.9 Å². The summed E-state index contributed by atoms with van der Waals surface area (Å²) >= 11 is 1.81. The molecule has 1 saturated carbocycles. The maximum Gasteiger partial charge on any atom is 0.0662 e. The normalized spacial score (nSPS) is 20.1. The highest BCUT2D eigenvalue weighted by atomic mass is 32.1. The zero-order valence-corrected chi connectivity index (χ0v) is 9.96. The van der Waals surface area contributed by atoms with Gasteiger partial charge in [-0.15, -0.1) is 11.3 Å². The van der Waals surface area contributed by atoms with Crippen molar-refractivity contribution in [3.05, 3.63) is 22.4 Å². The number of nitrogens with one attached hydrogen (secondary N) is 1. The van der Waals surface area contributed by atoms with Crippen molar-refractivity contribution in [2.75, 3.05) is 6.54 Å². The Kier molecular flexibility index (Phi) is 3.78. The molecule has 0 aromatic carbocycles. The van der Waals surface area contributed by atoms with Gasteiger partial charge in [-0.1, -0.05) is 13.0 Å². The molecule has 2 unspecified atom stereocenters. The van der Waals surface area contributed by atoms with Crippen LogP contribution in [0.15, 0.2) is 17.5 Å². The van der Waals surface area contributed by atoms with E-state index in [-0.39, 0.29) is 6.10 Å². The van der Waals surface area contributed by atoms with E-state index in [0.29, 0.717) is 6.04 Å². The van der Waals surface area contributed by atoms with E-state index in [1.807, 2.05) is 18.3 Å². The van der Waals surface area contributed by atoms with Crippen molar-refractivity contribution in [3.63, 3.8) is 0 Å². The molecule has 15 heavy (non-hydrogen) atoms. The number of hydrogen-bond donors (Lipinski definition) is 2. The molecule has 0 amide bonds. The molecule has 1 aliphatic carbocycles. The topological polar surface area (TPSA) is 32.3 Å². The number of aliphatic hydroxyl groups is 1. The first-order chi connectivity index (χ1) is 7.31. The van der Waals surface area contributed by atoms with E-state index >= 15 is 0 Å². The lowest BCUT2D eigenvalue weighted by molar-refractivity contribution is 0.161. The van der Waals surface area contributed by atoms with Crippen molar-refractivity contribution in [1.29, 1.82) is 0 Å². The molecule has 1 fully saturated rings. The lowest BCUT2D eigenvalue weighted by atomic mass is 10.1. The Labute approximate surface area is 95.3 Å². The van der Waals surface area contributed by atoms with Crippen molar-refractivity contribution < 1.29 is 5.11 Å². The Hall–Kier alpha value is -0.380. The van der Waals surface area contributed by atoms with Crippen LogP contribution in [0.3, 0.4) is 0 Å². The van der Waals surface area contributed by atoms with E-state index in [1.54, 1.807) is 0 Å². The molecule has 0 saturated heterocycles. The summed E-state index contributed by atoms with van der Waals surface area (Å²) in [7, 11) is 0. The van der Waals surface area contributed by atoms with Gasteiger partial charge in [0.2, 0.25) is 0 Å². The van der Waals surface area contributed by atoms with E-state index in [2.05, 4.69) is 22.8 Å². The van der Waals surface area contributed by atoms with Crippen LogP contribution in [-0.4, -0.2) is 17.8 Å². The first-order valence-corrected chi connectivity index (χ1v) is 6.64. The van der Waals surface area contributed by atoms with Crippen molar-refractivity contribution in [3.8, 4) is 0 Å². The van der Waals surface area contributed by atoms with Gasteiger partial charge in [-0.2, -0.15) is 0 Å². The molecule has 1 aromatic rings. The molecular formula is C12H19NOS. The Balaban J connectivity index is 1.90. The smallest absolute Gasteiger partial charge is 0.0662 e. The van der Waals surface area contributed by atoms with Crippen LogP contribution in [0.25, 0.3) is 0 Å². The molecule has 1 heterocycles. The molecule has 2 nitrogen and oxygen atoms in total. The van der Waals surface area contributed by atoms with Gasteiger partial charge >= 0.3 is 0 Å². The summed E-state index contributed by atoms with van der Waals surface area (Å²) < 4.78 is 0. The molecule has 84 valence electrons. The van der Waals surface area contributed by atoms with Gasteiger partial charge in [-0.05, 0) is 36.6 Å². The average Bonchev–Trinajstić information content (AvgIpc) is 2.94. The summed E-state index contributed by atoms with van der Waals surface area (Å²) in [6, 6.07) is 4.78. The largest absolute Gasteiger partial charge is 0.392 e. The zero-order chi connectivity index (χ0) is 10.7. The SMILES string of the molecule is CCC(O)CNC(c1cccs1)C1CC1. The quantitative estimate of drug-likeness (QED) is 0.780. The molecule has 1 aliphatic rings. The Bertz CT molecular complexity index is 282. The average molecular weight is 225 g/mol. The van der Waals surface area contributed by atoms with Crippen LogP contribution in [0.5, 0.6) is 0 Å². The number of hydrogen-bond acceptors (Lipinski definition) is 3. The minimum atomic E-state index is -0.203. The van der Waals surface area contributed by atoms with Crippen LogP contribution in [0, 0.1) is 5.92 Å². The van der Waals surface area contributed by atoms with Crippen molar-refractivity contribution in [2.24, 2.45) is 5.92 Å². The minimum absolute atomic E-state index is 0.203. The van der Waals surface area contributed by atoms with Gasteiger partial charge < -0.3 is 10.4 Å². The summed E-state index contributed by atoms with van der Waals surface area (Å²) in [4.78, 5) is 1.42. The van der Waals surface area contributed by atoms with Gasteiger partial charge in [0.05, 0.1) is 6.10 Å². The first kappa shape index (κ1) is 11.1. The van der Waals surface area contributed by atoms with Crippen LogP contribution in [-0.2, 0) is 0 Å². The highest BCUT2D eigenvalue weighted by Gasteiger charge is 2.32. The predicted octanol–water partition coefficient (Wildman–Crippen LogP) is 2.56. The fourth-order valence-electron chi connectivity index (χ4n) is 1.80. The Morgan fingerprint density at radius 2 is 2.40 bits per heavy atom. The van der Waals surface area contributed by atoms with Gasteiger partial charge in [0.1, 0.15) is 0 Å². The first-order valence-electron chi connectivity index (χ1n) is 5.76.